The summed E-state index contributed by atoms with van der Waals surface area (Å²) < 4.78 is 42.0. The molecular weight excluding hydrogens is 431 g/mol. The van der Waals surface area contributed by atoms with Gasteiger partial charge in [-0.3, -0.25) is 4.98 Å². The smallest absolute Gasteiger partial charge is 0.406 e. The molecule has 178 valence electrons. The van der Waals surface area contributed by atoms with Crippen molar-refractivity contribution >= 4 is 5.69 Å². The van der Waals surface area contributed by atoms with Gasteiger partial charge >= 0.3 is 6.36 Å². The Balaban J connectivity index is 1.49. The van der Waals surface area contributed by atoms with Gasteiger partial charge in [0, 0.05) is 49.9 Å². The van der Waals surface area contributed by atoms with Crippen LogP contribution in [0.4, 0.5) is 18.9 Å². The topological polar surface area (TPSA) is 48.8 Å². The van der Waals surface area contributed by atoms with Gasteiger partial charge in [-0.05, 0) is 55.4 Å². The highest BCUT2D eigenvalue weighted by Crippen LogP contribution is 2.52. The number of ether oxygens (including phenoxy) is 1. The van der Waals surface area contributed by atoms with Gasteiger partial charge < -0.3 is 19.6 Å². The van der Waals surface area contributed by atoms with E-state index in [0.717, 1.165) is 57.2 Å². The second kappa shape index (κ2) is 8.17. The molecule has 0 unspecified atom stereocenters. The van der Waals surface area contributed by atoms with Gasteiger partial charge in [0.1, 0.15) is 11.4 Å². The van der Waals surface area contributed by atoms with E-state index in [1.165, 1.54) is 25.0 Å². The zero-order valence-corrected chi connectivity index (χ0v) is 18.8. The molecule has 5 nitrogen and oxygen atoms in total. The molecule has 33 heavy (non-hydrogen) atoms. The number of halogens is 3. The Morgan fingerprint density at radius 1 is 1.06 bits per heavy atom. The van der Waals surface area contributed by atoms with Crippen molar-refractivity contribution in [3.63, 3.8) is 0 Å². The maximum Gasteiger partial charge on any atom is 0.573 e. The SMILES string of the molecule is CC1([C@](O)(c2ccc(OC(F)(F)F)cc2)c2cncc(N3CCCC3)c2)CN(CC2CC2)C1. The predicted molar refractivity (Wildman–Crippen MR) is 119 cm³/mol. The predicted octanol–water partition coefficient (Wildman–Crippen LogP) is 4.55. The van der Waals surface area contributed by atoms with Crippen molar-refractivity contribution in [2.45, 2.75) is 44.6 Å². The standard InChI is InChI=1S/C25H30F3N3O2/c1-23(16-30(17-23)15-18-4-5-18)24(32,19-6-8-22(9-7-19)33-25(26,27)28)20-12-21(14-29-13-20)31-10-2-3-11-31/h6-9,12-14,18,32H,2-5,10-11,15-17H2,1H3/t24-/m0/s1. The number of benzene rings is 1. The van der Waals surface area contributed by atoms with Crippen LogP contribution in [0.1, 0.15) is 43.7 Å². The largest absolute Gasteiger partial charge is 0.573 e. The molecule has 3 aliphatic rings. The Morgan fingerprint density at radius 2 is 1.73 bits per heavy atom. The number of nitrogens with zero attached hydrogens (tertiary/aromatic N) is 3. The van der Waals surface area contributed by atoms with Crippen LogP contribution >= 0.6 is 0 Å². The third-order valence-electron chi connectivity index (χ3n) is 7.35. The Morgan fingerprint density at radius 3 is 2.33 bits per heavy atom. The second-order valence-corrected chi connectivity index (χ2v) is 10.1. The molecule has 1 atom stereocenters. The highest BCUT2D eigenvalue weighted by molar-refractivity contribution is 5.51. The normalized spacial score (nSPS) is 22.6. The Kier molecular flexibility index (Phi) is 5.56. The van der Waals surface area contributed by atoms with Crippen LogP contribution in [0, 0.1) is 11.3 Å². The van der Waals surface area contributed by atoms with E-state index in [4.69, 9.17) is 0 Å². The van der Waals surface area contributed by atoms with Crippen LogP contribution < -0.4 is 9.64 Å². The quantitative estimate of drug-likeness (QED) is 0.656. The van der Waals surface area contributed by atoms with E-state index in [1.54, 1.807) is 18.3 Å². The molecule has 1 N–H and O–H groups in total. The van der Waals surface area contributed by atoms with Crippen LogP contribution in [-0.4, -0.2) is 54.1 Å². The third-order valence-corrected chi connectivity index (χ3v) is 7.35. The van der Waals surface area contributed by atoms with E-state index in [0.29, 0.717) is 11.1 Å². The molecule has 2 aromatic rings. The fourth-order valence-corrected chi connectivity index (χ4v) is 5.50. The third kappa shape index (κ3) is 4.43. The first-order chi connectivity index (χ1) is 15.7. The van der Waals surface area contributed by atoms with Crippen LogP contribution in [-0.2, 0) is 5.60 Å². The number of anilines is 1. The molecular formula is C25H30F3N3O2. The summed E-state index contributed by atoms with van der Waals surface area (Å²) in [5.74, 6) is 0.452. The number of aromatic nitrogens is 1. The molecule has 2 aliphatic heterocycles. The van der Waals surface area contributed by atoms with Gasteiger partial charge in [0.25, 0.3) is 0 Å². The zero-order chi connectivity index (χ0) is 23.3. The summed E-state index contributed by atoms with van der Waals surface area (Å²) in [6.07, 6.45) is 3.54. The summed E-state index contributed by atoms with van der Waals surface area (Å²) in [5.41, 5.74) is 0.292. The molecule has 2 saturated heterocycles. The van der Waals surface area contributed by atoms with Gasteiger partial charge in [-0.15, -0.1) is 13.2 Å². The van der Waals surface area contributed by atoms with Crippen molar-refractivity contribution in [3.8, 4) is 5.75 Å². The average molecular weight is 462 g/mol. The molecule has 0 amide bonds. The van der Waals surface area contributed by atoms with E-state index < -0.39 is 17.4 Å². The second-order valence-electron chi connectivity index (χ2n) is 10.1. The number of aliphatic hydroxyl groups is 1. The van der Waals surface area contributed by atoms with Gasteiger partial charge in [-0.1, -0.05) is 19.1 Å². The lowest BCUT2D eigenvalue weighted by Crippen LogP contribution is -2.65. The number of hydrogen-bond acceptors (Lipinski definition) is 5. The molecule has 3 heterocycles. The number of rotatable bonds is 7. The highest BCUT2D eigenvalue weighted by atomic mass is 19.4. The van der Waals surface area contributed by atoms with Gasteiger partial charge in [-0.2, -0.15) is 0 Å². The summed E-state index contributed by atoms with van der Waals surface area (Å²) in [6, 6.07) is 7.62. The molecule has 5 rings (SSSR count). The molecule has 1 aromatic heterocycles. The molecule has 0 spiro atoms. The van der Waals surface area contributed by atoms with Gasteiger partial charge in [-0.25, -0.2) is 0 Å². The summed E-state index contributed by atoms with van der Waals surface area (Å²) in [4.78, 5) is 9.07. The average Bonchev–Trinajstić information content (AvgIpc) is 3.40. The van der Waals surface area contributed by atoms with Crippen LogP contribution in [0.25, 0.3) is 0 Å². The van der Waals surface area contributed by atoms with Crippen LogP contribution in [0.2, 0.25) is 0 Å². The minimum absolute atomic E-state index is 0.299. The van der Waals surface area contributed by atoms with E-state index in [-0.39, 0.29) is 5.75 Å². The molecule has 0 bridgehead atoms. The van der Waals surface area contributed by atoms with Crippen LogP contribution in [0.15, 0.2) is 42.7 Å². The van der Waals surface area contributed by atoms with E-state index in [2.05, 4.69) is 26.4 Å². The summed E-state index contributed by atoms with van der Waals surface area (Å²) in [6.45, 7) is 6.44. The zero-order valence-electron chi connectivity index (χ0n) is 18.8. The van der Waals surface area contributed by atoms with Crippen LogP contribution in [0.3, 0.4) is 0 Å². The monoisotopic (exact) mass is 461 g/mol. The summed E-state index contributed by atoms with van der Waals surface area (Å²) in [5, 5.41) is 12.3. The summed E-state index contributed by atoms with van der Waals surface area (Å²) in [7, 11) is 0. The van der Waals surface area contributed by atoms with Crippen molar-refractivity contribution in [3.05, 3.63) is 53.9 Å². The Labute approximate surface area is 192 Å². The van der Waals surface area contributed by atoms with Crippen molar-refractivity contribution < 1.29 is 23.0 Å². The Hall–Kier alpha value is -2.32. The Bertz CT molecular complexity index is 981. The van der Waals surface area contributed by atoms with Gasteiger partial charge in [0.2, 0.25) is 0 Å². The molecule has 8 heteroatoms. The van der Waals surface area contributed by atoms with Crippen molar-refractivity contribution in [2.75, 3.05) is 37.6 Å². The summed E-state index contributed by atoms with van der Waals surface area (Å²) >= 11 is 0. The van der Waals surface area contributed by atoms with Crippen molar-refractivity contribution in [1.29, 1.82) is 0 Å². The number of hydrogen-bond donors (Lipinski definition) is 1. The van der Waals surface area contributed by atoms with Gasteiger partial charge in [0.15, 0.2) is 0 Å². The first-order valence-electron chi connectivity index (χ1n) is 11.7. The first-order valence-corrected chi connectivity index (χ1v) is 11.7. The maximum atomic E-state index is 12.6. The fourth-order valence-electron chi connectivity index (χ4n) is 5.50. The molecule has 1 saturated carbocycles. The minimum Gasteiger partial charge on any atom is -0.406 e. The molecule has 1 aliphatic carbocycles. The molecule has 3 fully saturated rings. The fraction of sp³-hybridized carbons (Fsp3) is 0.560. The highest BCUT2D eigenvalue weighted by Gasteiger charge is 2.56. The maximum absolute atomic E-state index is 12.6. The van der Waals surface area contributed by atoms with Crippen LogP contribution in [0.5, 0.6) is 5.75 Å². The number of pyridine rings is 1. The van der Waals surface area contributed by atoms with E-state index in [1.807, 2.05) is 12.3 Å². The first kappa shape index (κ1) is 22.5. The van der Waals surface area contributed by atoms with Crippen molar-refractivity contribution in [1.82, 2.24) is 9.88 Å². The lowest BCUT2D eigenvalue weighted by atomic mass is 9.62. The molecule has 0 radical (unpaired) electrons. The molecule has 1 aromatic carbocycles. The number of likely N-dealkylation sites (tertiary alicyclic amines) is 1. The van der Waals surface area contributed by atoms with Gasteiger partial charge in [0.05, 0.1) is 11.9 Å². The minimum atomic E-state index is -4.75. The number of alkyl halides is 3. The van der Waals surface area contributed by atoms with E-state index in [9.17, 15) is 18.3 Å². The van der Waals surface area contributed by atoms with Crippen molar-refractivity contribution in [2.24, 2.45) is 11.3 Å². The van der Waals surface area contributed by atoms with E-state index >= 15 is 0 Å². The lowest BCUT2D eigenvalue weighted by Gasteiger charge is -2.57. The lowest BCUT2D eigenvalue weighted by molar-refractivity contribution is -0.274.